The maximum absolute atomic E-state index is 10.1. The van der Waals surface area contributed by atoms with Gasteiger partial charge in [0.1, 0.15) is 0 Å². The van der Waals surface area contributed by atoms with Gasteiger partial charge in [0.15, 0.2) is 0 Å². The second-order valence-corrected chi connectivity index (χ2v) is 5.17. The Bertz CT molecular complexity index is 233. The lowest BCUT2D eigenvalue weighted by molar-refractivity contribution is -0.0234. The molecular weight excluding hydrogens is 160 g/mol. The summed E-state index contributed by atoms with van der Waals surface area (Å²) in [6.07, 6.45) is 4.59. The Hall–Kier alpha value is -0.300. The first-order valence-electron chi connectivity index (χ1n) is 5.42. The highest BCUT2D eigenvalue weighted by atomic mass is 16.3. The Balaban J connectivity index is 2.26. The zero-order valence-corrected chi connectivity index (χ0v) is 8.71. The van der Waals surface area contributed by atoms with Crippen LogP contribution in [0.25, 0.3) is 0 Å². The molecule has 2 fully saturated rings. The van der Waals surface area contributed by atoms with E-state index in [4.69, 9.17) is 0 Å². The maximum atomic E-state index is 10.1. The number of aliphatic hydroxyl groups is 1. The lowest BCUT2D eigenvalue weighted by Crippen LogP contribution is -2.41. The summed E-state index contributed by atoms with van der Waals surface area (Å²) in [5.74, 6) is 0.979. The average molecular weight is 180 g/mol. The molecule has 2 saturated carbocycles. The van der Waals surface area contributed by atoms with Gasteiger partial charge in [-0.15, -0.1) is 0 Å². The van der Waals surface area contributed by atoms with Crippen molar-refractivity contribution in [1.82, 2.24) is 0 Å². The number of fused-ring (bicyclic) bond motifs is 1. The zero-order chi connectivity index (χ0) is 9.64. The van der Waals surface area contributed by atoms with Crippen molar-refractivity contribution in [3.63, 3.8) is 0 Å². The molecular formula is C12H20O. The van der Waals surface area contributed by atoms with Crippen LogP contribution in [-0.4, -0.2) is 11.2 Å². The van der Waals surface area contributed by atoms with Gasteiger partial charge in [0, 0.05) is 0 Å². The first-order valence-corrected chi connectivity index (χ1v) is 5.42. The van der Waals surface area contributed by atoms with Gasteiger partial charge in [0.2, 0.25) is 0 Å². The molecule has 0 heterocycles. The number of aliphatic hydroxyl groups excluding tert-OH is 1. The van der Waals surface area contributed by atoms with Crippen molar-refractivity contribution in [2.45, 2.75) is 45.6 Å². The summed E-state index contributed by atoms with van der Waals surface area (Å²) in [6, 6.07) is 0. The minimum atomic E-state index is -0.0852. The Kier molecular flexibility index (Phi) is 2.03. The molecule has 2 aliphatic carbocycles. The van der Waals surface area contributed by atoms with Crippen molar-refractivity contribution >= 4 is 0 Å². The maximum Gasteiger partial charge on any atom is 0.0602 e. The molecule has 0 bridgehead atoms. The second kappa shape index (κ2) is 2.84. The van der Waals surface area contributed by atoms with E-state index >= 15 is 0 Å². The zero-order valence-electron chi connectivity index (χ0n) is 8.71. The third-order valence-corrected chi connectivity index (χ3v) is 4.50. The van der Waals surface area contributed by atoms with Crippen LogP contribution < -0.4 is 0 Å². The Morgan fingerprint density at radius 2 is 2.15 bits per heavy atom. The summed E-state index contributed by atoms with van der Waals surface area (Å²) in [6.45, 7) is 8.62. The van der Waals surface area contributed by atoms with Crippen LogP contribution in [0.2, 0.25) is 0 Å². The quantitative estimate of drug-likeness (QED) is 0.568. The Morgan fingerprint density at radius 3 is 2.85 bits per heavy atom. The highest BCUT2D eigenvalue weighted by Gasteiger charge is 2.49. The monoisotopic (exact) mass is 180 g/mol. The van der Waals surface area contributed by atoms with Gasteiger partial charge >= 0.3 is 0 Å². The topological polar surface area (TPSA) is 20.2 Å². The number of rotatable bonds is 0. The third kappa shape index (κ3) is 1.17. The van der Waals surface area contributed by atoms with E-state index in [1.54, 1.807) is 0 Å². The Morgan fingerprint density at radius 1 is 1.46 bits per heavy atom. The molecule has 4 atom stereocenters. The molecule has 0 aromatic carbocycles. The predicted molar refractivity (Wildman–Crippen MR) is 54.4 cm³/mol. The van der Waals surface area contributed by atoms with Crippen LogP contribution in [0, 0.1) is 17.3 Å². The molecule has 0 aliphatic heterocycles. The smallest absolute Gasteiger partial charge is 0.0602 e. The molecule has 2 aliphatic rings. The van der Waals surface area contributed by atoms with Gasteiger partial charge in [-0.1, -0.05) is 26.0 Å². The molecule has 1 nitrogen and oxygen atoms in total. The van der Waals surface area contributed by atoms with E-state index in [9.17, 15) is 5.11 Å². The largest absolute Gasteiger partial charge is 0.393 e. The van der Waals surface area contributed by atoms with Crippen molar-refractivity contribution in [2.75, 3.05) is 0 Å². The number of hydrogen-bond acceptors (Lipinski definition) is 1. The van der Waals surface area contributed by atoms with E-state index in [-0.39, 0.29) is 11.5 Å². The fourth-order valence-electron chi connectivity index (χ4n) is 3.20. The summed E-state index contributed by atoms with van der Waals surface area (Å²) in [5.41, 5.74) is 1.63. The van der Waals surface area contributed by atoms with Crippen LogP contribution in [0.3, 0.4) is 0 Å². The van der Waals surface area contributed by atoms with Crippen LogP contribution >= 0.6 is 0 Å². The number of allylic oxidation sites excluding steroid dienone is 1. The predicted octanol–water partition coefficient (Wildman–Crippen LogP) is 2.75. The lowest BCUT2D eigenvalue weighted by Gasteiger charge is -2.43. The van der Waals surface area contributed by atoms with E-state index in [1.807, 2.05) is 0 Å². The fourth-order valence-corrected chi connectivity index (χ4v) is 3.20. The first-order chi connectivity index (χ1) is 6.05. The van der Waals surface area contributed by atoms with Crippen LogP contribution in [0.5, 0.6) is 0 Å². The third-order valence-electron chi connectivity index (χ3n) is 4.50. The van der Waals surface area contributed by atoms with E-state index in [2.05, 4.69) is 20.4 Å². The van der Waals surface area contributed by atoms with Crippen molar-refractivity contribution in [2.24, 2.45) is 17.3 Å². The van der Waals surface area contributed by atoms with Gasteiger partial charge in [0.25, 0.3) is 0 Å². The molecule has 0 spiro atoms. The highest BCUT2D eigenvalue weighted by molar-refractivity contribution is 5.19. The van der Waals surface area contributed by atoms with E-state index in [0.717, 1.165) is 19.3 Å². The molecule has 1 N–H and O–H groups in total. The normalized spacial score (nSPS) is 50.7. The molecule has 2 rings (SSSR count). The van der Waals surface area contributed by atoms with Crippen LogP contribution in [-0.2, 0) is 0 Å². The van der Waals surface area contributed by atoms with Crippen LogP contribution in [0.15, 0.2) is 12.2 Å². The average Bonchev–Trinajstić information content (AvgIpc) is 2.39. The summed E-state index contributed by atoms with van der Waals surface area (Å²) < 4.78 is 0. The summed E-state index contributed by atoms with van der Waals surface area (Å²) >= 11 is 0. The Labute approximate surface area is 80.8 Å². The van der Waals surface area contributed by atoms with Gasteiger partial charge in [0.05, 0.1) is 6.10 Å². The summed E-state index contributed by atoms with van der Waals surface area (Å²) in [5, 5.41) is 10.1. The standard InChI is InChI=1S/C12H20O/c1-8-6-7-12(3)9(2)4-5-10(12)11(8)13/h8,10-11,13H,2,4-7H2,1,3H3. The van der Waals surface area contributed by atoms with E-state index in [1.165, 1.54) is 12.0 Å². The van der Waals surface area contributed by atoms with E-state index in [0.29, 0.717) is 11.8 Å². The molecule has 74 valence electrons. The first kappa shape index (κ1) is 9.26. The second-order valence-electron chi connectivity index (χ2n) is 5.17. The van der Waals surface area contributed by atoms with Gasteiger partial charge in [-0.3, -0.25) is 0 Å². The van der Waals surface area contributed by atoms with Gasteiger partial charge in [-0.05, 0) is 42.9 Å². The van der Waals surface area contributed by atoms with E-state index < -0.39 is 0 Å². The SMILES string of the molecule is C=C1CCC2C(O)C(C)CCC12C. The van der Waals surface area contributed by atoms with Crippen molar-refractivity contribution < 1.29 is 5.11 Å². The fraction of sp³-hybridized carbons (Fsp3) is 0.833. The summed E-state index contributed by atoms with van der Waals surface area (Å²) in [4.78, 5) is 0. The van der Waals surface area contributed by atoms with Gasteiger partial charge < -0.3 is 5.11 Å². The number of hydrogen-bond donors (Lipinski definition) is 1. The van der Waals surface area contributed by atoms with Crippen molar-refractivity contribution in [3.05, 3.63) is 12.2 Å². The molecule has 1 heteroatoms. The summed E-state index contributed by atoms with van der Waals surface area (Å²) in [7, 11) is 0. The molecule has 0 saturated heterocycles. The van der Waals surface area contributed by atoms with Crippen LogP contribution in [0.1, 0.15) is 39.5 Å². The molecule has 0 amide bonds. The molecule has 0 aromatic rings. The van der Waals surface area contributed by atoms with Crippen LogP contribution in [0.4, 0.5) is 0 Å². The molecule has 13 heavy (non-hydrogen) atoms. The molecule has 0 aromatic heterocycles. The van der Waals surface area contributed by atoms with Gasteiger partial charge in [-0.2, -0.15) is 0 Å². The van der Waals surface area contributed by atoms with Crippen molar-refractivity contribution in [1.29, 1.82) is 0 Å². The minimum absolute atomic E-state index is 0.0852. The molecule has 0 radical (unpaired) electrons. The minimum Gasteiger partial charge on any atom is -0.393 e. The van der Waals surface area contributed by atoms with Crippen molar-refractivity contribution in [3.8, 4) is 0 Å². The van der Waals surface area contributed by atoms with Gasteiger partial charge in [-0.25, -0.2) is 0 Å². The lowest BCUT2D eigenvalue weighted by atomic mass is 9.64. The highest BCUT2D eigenvalue weighted by Crippen LogP contribution is 2.55. The molecule has 4 unspecified atom stereocenters.